The van der Waals surface area contributed by atoms with Gasteiger partial charge in [-0.1, -0.05) is 25.7 Å². The predicted octanol–water partition coefficient (Wildman–Crippen LogP) is -0.293. The fraction of sp³-hybridized carbons (Fsp3) is 0.938. The molecule has 142 valence electrons. The Morgan fingerprint density at radius 2 is 1.58 bits per heavy atom. The second kappa shape index (κ2) is 11.7. The van der Waals surface area contributed by atoms with Crippen LogP contribution in [-0.4, -0.2) is 77.4 Å². The third kappa shape index (κ3) is 7.00. The molecule has 0 aromatic carbocycles. The van der Waals surface area contributed by atoms with E-state index in [-0.39, 0.29) is 5.97 Å². The minimum Gasteiger partial charge on any atom is -0.469 e. The number of carbonyl (C=O) groups is 1. The highest BCUT2D eigenvalue weighted by Gasteiger charge is 2.43. The van der Waals surface area contributed by atoms with E-state index in [4.69, 9.17) is 14.6 Å². The van der Waals surface area contributed by atoms with Gasteiger partial charge in [-0.2, -0.15) is 0 Å². The number of esters is 1. The van der Waals surface area contributed by atoms with Crippen LogP contribution in [0.5, 0.6) is 0 Å². The zero-order chi connectivity index (χ0) is 17.9. The molecule has 0 aromatic heterocycles. The fourth-order valence-corrected chi connectivity index (χ4v) is 2.59. The van der Waals surface area contributed by atoms with Gasteiger partial charge in [-0.15, -0.1) is 0 Å². The molecule has 0 saturated carbocycles. The number of unbranched alkanes of at least 4 members (excludes halogenated alkanes) is 5. The quantitative estimate of drug-likeness (QED) is 0.296. The van der Waals surface area contributed by atoms with Crippen LogP contribution in [0, 0.1) is 0 Å². The minimum atomic E-state index is -1.41. The highest BCUT2D eigenvalue weighted by molar-refractivity contribution is 5.68. The van der Waals surface area contributed by atoms with Crippen molar-refractivity contribution in [3.63, 3.8) is 0 Å². The lowest BCUT2D eigenvalue weighted by Gasteiger charge is -2.39. The number of aliphatic hydroxyl groups excluding tert-OH is 4. The van der Waals surface area contributed by atoms with Crippen LogP contribution in [0.25, 0.3) is 0 Å². The van der Waals surface area contributed by atoms with Crippen molar-refractivity contribution in [3.05, 3.63) is 0 Å². The van der Waals surface area contributed by atoms with Gasteiger partial charge in [0.1, 0.15) is 24.4 Å². The summed E-state index contributed by atoms with van der Waals surface area (Å²) in [5.74, 6) is -0.178. The molecule has 0 amide bonds. The molecule has 0 bridgehead atoms. The van der Waals surface area contributed by atoms with Gasteiger partial charge < -0.3 is 34.6 Å². The maximum atomic E-state index is 10.9. The summed E-state index contributed by atoms with van der Waals surface area (Å²) in [5.41, 5.74) is 0. The first-order valence-electron chi connectivity index (χ1n) is 8.50. The van der Waals surface area contributed by atoms with Crippen molar-refractivity contribution in [2.45, 2.75) is 75.7 Å². The molecule has 5 atom stereocenters. The molecule has 0 unspecified atom stereocenters. The third-order valence-corrected chi connectivity index (χ3v) is 4.13. The number of hydrogen-bond donors (Lipinski definition) is 4. The molecule has 1 aliphatic rings. The van der Waals surface area contributed by atoms with Crippen LogP contribution in [-0.2, 0) is 19.0 Å². The van der Waals surface area contributed by atoms with Gasteiger partial charge >= 0.3 is 5.97 Å². The first-order chi connectivity index (χ1) is 11.5. The summed E-state index contributed by atoms with van der Waals surface area (Å²) in [7, 11) is 1.39. The summed E-state index contributed by atoms with van der Waals surface area (Å²) in [6, 6.07) is 0. The zero-order valence-corrected chi connectivity index (χ0v) is 14.2. The van der Waals surface area contributed by atoms with Crippen molar-refractivity contribution in [3.8, 4) is 0 Å². The van der Waals surface area contributed by atoms with Crippen molar-refractivity contribution >= 4 is 5.97 Å². The summed E-state index contributed by atoms with van der Waals surface area (Å²) >= 11 is 0. The highest BCUT2D eigenvalue weighted by Crippen LogP contribution is 2.22. The van der Waals surface area contributed by atoms with Crippen LogP contribution in [0.3, 0.4) is 0 Å². The van der Waals surface area contributed by atoms with E-state index in [0.717, 1.165) is 38.5 Å². The predicted molar refractivity (Wildman–Crippen MR) is 84.1 cm³/mol. The molecule has 24 heavy (non-hydrogen) atoms. The number of carbonyl (C=O) groups excluding carboxylic acids is 1. The molecular formula is C16H30O8. The summed E-state index contributed by atoms with van der Waals surface area (Å²) in [5, 5.41) is 38.2. The number of ether oxygens (including phenoxy) is 3. The Morgan fingerprint density at radius 1 is 0.958 bits per heavy atom. The van der Waals surface area contributed by atoms with Gasteiger partial charge in [0.25, 0.3) is 0 Å². The van der Waals surface area contributed by atoms with E-state index in [1.807, 2.05) is 0 Å². The molecule has 0 aromatic rings. The van der Waals surface area contributed by atoms with Crippen molar-refractivity contribution < 1.29 is 39.4 Å². The summed E-state index contributed by atoms with van der Waals surface area (Å²) < 4.78 is 15.2. The molecule has 1 saturated heterocycles. The Labute approximate surface area is 142 Å². The van der Waals surface area contributed by atoms with Gasteiger partial charge in [0.2, 0.25) is 0 Å². The van der Waals surface area contributed by atoms with Crippen molar-refractivity contribution in [1.82, 2.24) is 0 Å². The second-order valence-electron chi connectivity index (χ2n) is 6.02. The lowest BCUT2D eigenvalue weighted by Crippen LogP contribution is -2.59. The Bertz CT molecular complexity index is 349. The maximum absolute atomic E-state index is 10.9. The van der Waals surface area contributed by atoms with Crippen molar-refractivity contribution in [1.29, 1.82) is 0 Å². The highest BCUT2D eigenvalue weighted by atomic mass is 16.7. The van der Waals surface area contributed by atoms with Crippen LogP contribution in [0.15, 0.2) is 0 Å². The molecule has 1 rings (SSSR count). The standard InChI is InChI=1S/C16H30O8/c1-22-12(18)8-6-4-2-3-5-7-9-23-16-15(21)14(20)13(19)11(10-17)24-16/h11,13-17,19-21H,2-10H2,1H3/t11-,13-,14+,15-,16-/m1/s1. The van der Waals surface area contributed by atoms with Gasteiger partial charge in [0, 0.05) is 13.0 Å². The Kier molecular flexibility index (Phi) is 10.4. The van der Waals surface area contributed by atoms with Crippen LogP contribution in [0.2, 0.25) is 0 Å². The van der Waals surface area contributed by atoms with E-state index in [0.29, 0.717) is 13.0 Å². The largest absolute Gasteiger partial charge is 0.469 e. The average Bonchev–Trinajstić information content (AvgIpc) is 2.59. The van der Waals surface area contributed by atoms with Gasteiger partial charge in [-0.05, 0) is 12.8 Å². The smallest absolute Gasteiger partial charge is 0.305 e. The first kappa shape index (κ1) is 21.3. The second-order valence-corrected chi connectivity index (χ2v) is 6.02. The Balaban J connectivity index is 2.07. The topological polar surface area (TPSA) is 126 Å². The molecule has 1 heterocycles. The van der Waals surface area contributed by atoms with Crippen LogP contribution >= 0.6 is 0 Å². The van der Waals surface area contributed by atoms with Crippen molar-refractivity contribution in [2.24, 2.45) is 0 Å². The number of rotatable bonds is 11. The van der Waals surface area contributed by atoms with Crippen LogP contribution < -0.4 is 0 Å². The molecule has 0 aliphatic carbocycles. The average molecular weight is 350 g/mol. The van der Waals surface area contributed by atoms with E-state index >= 15 is 0 Å². The lowest BCUT2D eigenvalue weighted by molar-refractivity contribution is -0.301. The van der Waals surface area contributed by atoms with Gasteiger partial charge in [0.15, 0.2) is 6.29 Å². The maximum Gasteiger partial charge on any atom is 0.305 e. The van der Waals surface area contributed by atoms with E-state index in [2.05, 4.69) is 4.74 Å². The number of methoxy groups -OCH3 is 1. The Hall–Kier alpha value is -0.770. The molecular weight excluding hydrogens is 320 g/mol. The van der Waals surface area contributed by atoms with E-state index in [9.17, 15) is 20.1 Å². The fourth-order valence-electron chi connectivity index (χ4n) is 2.59. The summed E-state index contributed by atoms with van der Waals surface area (Å²) in [6.45, 7) is -0.110. The lowest BCUT2D eigenvalue weighted by atomic mass is 9.99. The van der Waals surface area contributed by atoms with Gasteiger partial charge in [0.05, 0.1) is 13.7 Å². The Morgan fingerprint density at radius 3 is 2.21 bits per heavy atom. The van der Waals surface area contributed by atoms with Gasteiger partial charge in [-0.25, -0.2) is 0 Å². The van der Waals surface area contributed by atoms with Crippen LogP contribution in [0.4, 0.5) is 0 Å². The van der Waals surface area contributed by atoms with E-state index in [1.165, 1.54) is 7.11 Å². The molecule has 0 spiro atoms. The molecule has 4 N–H and O–H groups in total. The number of hydrogen-bond acceptors (Lipinski definition) is 8. The minimum absolute atomic E-state index is 0.178. The zero-order valence-electron chi connectivity index (χ0n) is 14.2. The first-order valence-corrected chi connectivity index (χ1v) is 8.50. The molecule has 1 aliphatic heterocycles. The molecule has 8 nitrogen and oxygen atoms in total. The summed E-state index contributed by atoms with van der Waals surface area (Å²) in [6.07, 6.45) is -0.110. The van der Waals surface area contributed by atoms with Gasteiger partial charge in [-0.3, -0.25) is 4.79 Å². The summed E-state index contributed by atoms with van der Waals surface area (Å²) in [4.78, 5) is 10.9. The third-order valence-electron chi connectivity index (χ3n) is 4.13. The number of aliphatic hydroxyl groups is 4. The molecule has 0 radical (unpaired) electrons. The van der Waals surface area contributed by atoms with Crippen molar-refractivity contribution in [2.75, 3.05) is 20.3 Å². The monoisotopic (exact) mass is 350 g/mol. The van der Waals surface area contributed by atoms with Crippen LogP contribution in [0.1, 0.15) is 44.9 Å². The van der Waals surface area contributed by atoms with E-state index in [1.54, 1.807) is 0 Å². The molecule has 8 heteroatoms. The normalized spacial score (nSPS) is 30.3. The molecule has 1 fully saturated rings. The van der Waals surface area contributed by atoms with E-state index < -0.39 is 37.3 Å². The SMILES string of the molecule is COC(=O)CCCCCCCCO[C@@H]1O[C@H](CO)[C@@H](O)[C@H](O)[C@H]1O.